The molecule has 39 heavy (non-hydrogen) atoms. The van der Waals surface area contributed by atoms with Crippen LogP contribution in [0, 0.1) is 6.92 Å². The van der Waals surface area contributed by atoms with Crippen molar-refractivity contribution in [2.24, 2.45) is 0 Å². The van der Waals surface area contributed by atoms with Crippen LogP contribution < -0.4 is 14.2 Å². The first-order chi connectivity index (χ1) is 18.7. The molecule has 1 amide bonds. The average molecular weight is 539 g/mol. The number of carbonyl (C=O) groups is 2. The van der Waals surface area contributed by atoms with Gasteiger partial charge in [0.15, 0.2) is 11.5 Å². The van der Waals surface area contributed by atoms with Gasteiger partial charge in [0, 0.05) is 18.7 Å². The topological polar surface area (TPSA) is 88.5 Å². The summed E-state index contributed by atoms with van der Waals surface area (Å²) in [5.74, 6) is 0.268. The Labute approximate surface area is 232 Å². The summed E-state index contributed by atoms with van der Waals surface area (Å²) in [6.45, 7) is 8.14. The number of Topliss-reactive ketones (excluding diaryl/α,β-unsaturated/α-hetero) is 1. The minimum atomic E-state index is -0.774. The van der Waals surface area contributed by atoms with Crippen molar-refractivity contribution in [1.82, 2.24) is 9.80 Å². The number of aryl methyl sites for hydroxylation is 1. The molecule has 0 spiro atoms. The number of ether oxygens (including phenoxy) is 3. The molecule has 1 heterocycles. The van der Waals surface area contributed by atoms with Crippen LogP contribution in [0.3, 0.4) is 0 Å². The average Bonchev–Trinajstić information content (AvgIpc) is 3.17. The Kier molecular flexibility index (Phi) is 10.8. The summed E-state index contributed by atoms with van der Waals surface area (Å²) >= 11 is 0. The molecule has 2 aromatic carbocycles. The van der Waals surface area contributed by atoms with Crippen LogP contribution in [0.1, 0.15) is 62.3 Å². The molecular weight excluding hydrogens is 496 g/mol. The Morgan fingerprint density at radius 1 is 0.949 bits per heavy atom. The van der Waals surface area contributed by atoms with E-state index in [4.69, 9.17) is 14.2 Å². The molecule has 1 aliphatic rings. The molecule has 0 aromatic heterocycles. The van der Waals surface area contributed by atoms with Crippen molar-refractivity contribution in [3.05, 3.63) is 58.7 Å². The van der Waals surface area contributed by atoms with Crippen molar-refractivity contribution in [2.45, 2.75) is 52.5 Å². The van der Waals surface area contributed by atoms with Gasteiger partial charge in [-0.1, -0.05) is 32.8 Å². The smallest absolute Gasteiger partial charge is 0.295 e. The van der Waals surface area contributed by atoms with E-state index in [1.807, 2.05) is 32.0 Å². The van der Waals surface area contributed by atoms with E-state index in [1.54, 1.807) is 37.4 Å². The molecule has 2 aromatic rings. The lowest BCUT2D eigenvalue weighted by Gasteiger charge is -2.27. The number of hydrogen-bond donors (Lipinski definition) is 1. The first-order valence-electron chi connectivity index (χ1n) is 13.7. The van der Waals surface area contributed by atoms with Crippen molar-refractivity contribution >= 4 is 17.4 Å². The lowest BCUT2D eigenvalue weighted by atomic mass is 9.94. The number of methoxy groups -OCH3 is 1. The van der Waals surface area contributed by atoms with E-state index >= 15 is 0 Å². The van der Waals surface area contributed by atoms with E-state index in [-0.39, 0.29) is 11.3 Å². The highest BCUT2D eigenvalue weighted by Crippen LogP contribution is 2.42. The second-order valence-electron chi connectivity index (χ2n) is 10.1. The third-order valence-electron chi connectivity index (χ3n) is 6.79. The maximum Gasteiger partial charge on any atom is 0.295 e. The van der Waals surface area contributed by atoms with E-state index < -0.39 is 17.7 Å². The number of aliphatic hydroxyl groups excluding tert-OH is 1. The minimum absolute atomic E-state index is 0.0551. The van der Waals surface area contributed by atoms with E-state index in [1.165, 1.54) is 4.90 Å². The van der Waals surface area contributed by atoms with E-state index in [0.29, 0.717) is 48.9 Å². The lowest BCUT2D eigenvalue weighted by Crippen LogP contribution is -2.35. The van der Waals surface area contributed by atoms with Gasteiger partial charge in [-0.3, -0.25) is 9.59 Å². The fourth-order valence-electron chi connectivity index (χ4n) is 4.51. The second kappa shape index (κ2) is 14.0. The van der Waals surface area contributed by atoms with Crippen molar-refractivity contribution in [3.8, 4) is 17.2 Å². The van der Waals surface area contributed by atoms with Gasteiger partial charge in [-0.25, -0.2) is 0 Å². The van der Waals surface area contributed by atoms with Crippen LogP contribution in [-0.4, -0.2) is 74.1 Å². The monoisotopic (exact) mass is 538 g/mol. The number of amides is 1. The molecule has 0 radical (unpaired) electrons. The Morgan fingerprint density at radius 3 is 2.18 bits per heavy atom. The number of likely N-dealkylation sites (N-methyl/N-ethyl adjacent to an activating group) is 1. The third kappa shape index (κ3) is 7.12. The number of likely N-dealkylation sites (tertiary alicyclic amines) is 1. The quantitative estimate of drug-likeness (QED) is 0.150. The van der Waals surface area contributed by atoms with Crippen molar-refractivity contribution in [3.63, 3.8) is 0 Å². The summed E-state index contributed by atoms with van der Waals surface area (Å²) in [6.07, 6.45) is 3.90. The van der Waals surface area contributed by atoms with Gasteiger partial charge in [0.05, 0.1) is 31.9 Å². The van der Waals surface area contributed by atoms with Crippen LogP contribution in [0.5, 0.6) is 17.2 Å². The number of unbranched alkanes of at least 4 members (excludes halogenated alkanes) is 2. The highest BCUT2D eigenvalue weighted by atomic mass is 16.5. The van der Waals surface area contributed by atoms with Crippen molar-refractivity contribution in [1.29, 1.82) is 0 Å². The maximum absolute atomic E-state index is 13.4. The number of carbonyl (C=O) groups excluding carboxylic acids is 2. The zero-order valence-corrected chi connectivity index (χ0v) is 24.1. The van der Waals surface area contributed by atoms with E-state index in [9.17, 15) is 14.7 Å². The zero-order chi connectivity index (χ0) is 28.5. The Bertz CT molecular complexity index is 1190. The van der Waals surface area contributed by atoms with Crippen LogP contribution in [0.25, 0.3) is 5.76 Å². The van der Waals surface area contributed by atoms with E-state index in [0.717, 1.165) is 37.0 Å². The predicted molar refractivity (Wildman–Crippen MR) is 153 cm³/mol. The molecule has 1 unspecified atom stereocenters. The highest BCUT2D eigenvalue weighted by molar-refractivity contribution is 6.46. The van der Waals surface area contributed by atoms with Crippen LogP contribution in [-0.2, 0) is 9.59 Å². The molecule has 1 saturated heterocycles. The molecule has 8 heteroatoms. The van der Waals surface area contributed by atoms with Gasteiger partial charge >= 0.3 is 0 Å². The molecule has 0 aliphatic carbocycles. The molecule has 0 bridgehead atoms. The molecular formula is C31H42N2O6. The van der Waals surface area contributed by atoms with Gasteiger partial charge in [0.1, 0.15) is 11.5 Å². The third-order valence-corrected chi connectivity index (χ3v) is 6.79. The second-order valence-corrected chi connectivity index (χ2v) is 10.1. The van der Waals surface area contributed by atoms with Gasteiger partial charge in [-0.15, -0.1) is 0 Å². The normalized spacial score (nSPS) is 16.7. The first kappa shape index (κ1) is 30.0. The molecule has 1 aliphatic heterocycles. The van der Waals surface area contributed by atoms with Gasteiger partial charge < -0.3 is 29.1 Å². The Hall–Kier alpha value is -3.52. The summed E-state index contributed by atoms with van der Waals surface area (Å²) in [4.78, 5) is 30.1. The van der Waals surface area contributed by atoms with Gasteiger partial charge in [-0.05, 0) is 75.3 Å². The SMILES string of the molecule is CCCCOc1ccc(/C(O)=C2\C(=O)C(=O)N(CCN(C)C)C2c2ccc(OCCCC)c(OC)c2)cc1C. The fraction of sp³-hybridized carbons (Fsp3) is 0.484. The van der Waals surface area contributed by atoms with Crippen LogP contribution >= 0.6 is 0 Å². The molecule has 1 N–H and O–H groups in total. The number of hydrogen-bond acceptors (Lipinski definition) is 7. The maximum atomic E-state index is 13.4. The molecule has 212 valence electrons. The summed E-state index contributed by atoms with van der Waals surface area (Å²) in [7, 11) is 5.37. The Balaban J connectivity index is 2.07. The number of rotatable bonds is 14. The summed E-state index contributed by atoms with van der Waals surface area (Å²) in [5, 5.41) is 11.5. The molecule has 8 nitrogen and oxygen atoms in total. The molecule has 0 saturated carbocycles. The van der Waals surface area contributed by atoms with Gasteiger partial charge in [0.25, 0.3) is 11.7 Å². The van der Waals surface area contributed by atoms with Crippen molar-refractivity contribution < 1.29 is 28.9 Å². The largest absolute Gasteiger partial charge is 0.507 e. The Morgan fingerprint density at radius 2 is 1.59 bits per heavy atom. The van der Waals surface area contributed by atoms with Crippen LogP contribution in [0.2, 0.25) is 0 Å². The summed E-state index contributed by atoms with van der Waals surface area (Å²) in [5.41, 5.74) is 2.01. The lowest BCUT2D eigenvalue weighted by molar-refractivity contribution is -0.140. The van der Waals surface area contributed by atoms with Crippen LogP contribution in [0.15, 0.2) is 42.0 Å². The predicted octanol–water partition coefficient (Wildman–Crippen LogP) is 5.34. The van der Waals surface area contributed by atoms with Gasteiger partial charge in [0.2, 0.25) is 0 Å². The van der Waals surface area contributed by atoms with E-state index in [2.05, 4.69) is 13.8 Å². The molecule has 1 fully saturated rings. The fourth-order valence-corrected chi connectivity index (χ4v) is 4.51. The minimum Gasteiger partial charge on any atom is -0.507 e. The molecule has 3 rings (SSSR count). The summed E-state index contributed by atoms with van der Waals surface area (Å²) < 4.78 is 17.3. The number of nitrogens with zero attached hydrogens (tertiary/aromatic N) is 2. The highest BCUT2D eigenvalue weighted by Gasteiger charge is 2.46. The first-order valence-corrected chi connectivity index (χ1v) is 13.7. The standard InChI is InChI=1S/C31H42N2O6/c1-7-9-17-38-24-13-12-23(19-21(24)3)29(34)27-28(33(16-15-32(4)5)31(36)30(27)35)22-11-14-25(26(20-22)37-6)39-18-10-8-2/h11-14,19-20,28,34H,7-10,15-18H2,1-6H3/b29-27+. The van der Waals surface area contributed by atoms with Gasteiger partial charge in [-0.2, -0.15) is 0 Å². The van der Waals surface area contributed by atoms with Crippen LogP contribution in [0.4, 0.5) is 0 Å². The van der Waals surface area contributed by atoms with Crippen molar-refractivity contribution in [2.75, 3.05) is 47.5 Å². The summed E-state index contributed by atoms with van der Waals surface area (Å²) in [6, 6.07) is 9.93. The molecule has 1 atom stereocenters. The number of ketones is 1. The zero-order valence-electron chi connectivity index (χ0n) is 24.1. The number of aliphatic hydroxyl groups is 1. The number of benzene rings is 2.